The first kappa shape index (κ1) is 21.5. The van der Waals surface area contributed by atoms with Gasteiger partial charge in [0.1, 0.15) is 12.4 Å². The Balaban J connectivity index is 0.00000288. The lowest BCUT2D eigenvalue weighted by Gasteiger charge is -2.15. The van der Waals surface area contributed by atoms with E-state index in [2.05, 4.69) is 31.6 Å². The first-order valence-corrected chi connectivity index (χ1v) is 10.2. The lowest BCUT2D eigenvalue weighted by molar-refractivity contribution is 0.328. The minimum atomic E-state index is -2.90. The lowest BCUT2D eigenvalue weighted by atomic mass is 10.3. The number of halogens is 2. The van der Waals surface area contributed by atoms with Crippen molar-refractivity contribution >= 4 is 55.7 Å². The zero-order valence-electron chi connectivity index (χ0n) is 13.5. The van der Waals surface area contributed by atoms with Crippen molar-refractivity contribution in [1.82, 2.24) is 10.6 Å². The highest BCUT2D eigenvalue weighted by molar-refractivity contribution is 14.0. The summed E-state index contributed by atoms with van der Waals surface area (Å²) in [6.45, 7) is 3.63. The highest BCUT2D eigenvalue weighted by atomic mass is 127. The summed E-state index contributed by atoms with van der Waals surface area (Å²) in [5.74, 6) is 1.84. The standard InChI is InChI=1S/C15H22BrN3O3S.HI/c1-2-17-15(19-13-6-9-23(20,21)11-13)18-7-8-22-14-5-3-4-12(16)10-14;/h3-5,10,13H,2,6-9,11H2,1H3,(H2,17,18,19);1H. The smallest absolute Gasteiger partial charge is 0.191 e. The molecule has 0 saturated carbocycles. The van der Waals surface area contributed by atoms with Crippen molar-refractivity contribution in [1.29, 1.82) is 0 Å². The maximum absolute atomic E-state index is 11.5. The third kappa shape index (κ3) is 7.56. The van der Waals surface area contributed by atoms with Crippen LogP contribution >= 0.6 is 39.9 Å². The number of benzene rings is 1. The number of nitrogens with zero attached hydrogens (tertiary/aromatic N) is 1. The minimum absolute atomic E-state index is 0. The van der Waals surface area contributed by atoms with Crippen LogP contribution in [-0.4, -0.2) is 51.6 Å². The number of hydrogen-bond donors (Lipinski definition) is 2. The topological polar surface area (TPSA) is 79.8 Å². The van der Waals surface area contributed by atoms with E-state index in [0.29, 0.717) is 25.5 Å². The first-order chi connectivity index (χ1) is 11.0. The van der Waals surface area contributed by atoms with Gasteiger partial charge in [-0.25, -0.2) is 13.4 Å². The number of nitrogens with one attached hydrogen (secondary N) is 2. The molecule has 1 heterocycles. The first-order valence-electron chi connectivity index (χ1n) is 7.62. The van der Waals surface area contributed by atoms with Gasteiger partial charge in [0.15, 0.2) is 15.8 Å². The zero-order valence-corrected chi connectivity index (χ0v) is 18.2. The van der Waals surface area contributed by atoms with Gasteiger partial charge in [-0.05, 0) is 31.5 Å². The summed E-state index contributed by atoms with van der Waals surface area (Å²) < 4.78 is 29.6. The van der Waals surface area contributed by atoms with Crippen LogP contribution in [0, 0.1) is 0 Å². The van der Waals surface area contributed by atoms with Crippen LogP contribution < -0.4 is 15.4 Å². The number of guanidine groups is 1. The fourth-order valence-corrected chi connectivity index (χ4v) is 4.35. The van der Waals surface area contributed by atoms with Crippen molar-refractivity contribution in [3.63, 3.8) is 0 Å². The highest BCUT2D eigenvalue weighted by Gasteiger charge is 2.28. The fraction of sp³-hybridized carbons (Fsp3) is 0.533. The number of rotatable bonds is 6. The van der Waals surface area contributed by atoms with E-state index in [1.165, 1.54) is 0 Å². The van der Waals surface area contributed by atoms with Gasteiger partial charge in [-0.1, -0.05) is 22.0 Å². The van der Waals surface area contributed by atoms with Gasteiger partial charge < -0.3 is 15.4 Å². The van der Waals surface area contributed by atoms with E-state index in [-0.39, 0.29) is 41.5 Å². The molecule has 1 aromatic rings. The van der Waals surface area contributed by atoms with Crippen LogP contribution in [0.25, 0.3) is 0 Å². The molecule has 0 aromatic heterocycles. The Morgan fingerprint density at radius 1 is 1.46 bits per heavy atom. The molecule has 24 heavy (non-hydrogen) atoms. The Morgan fingerprint density at radius 3 is 2.88 bits per heavy atom. The van der Waals surface area contributed by atoms with E-state index in [1.54, 1.807) is 0 Å². The van der Waals surface area contributed by atoms with Gasteiger partial charge in [-0.2, -0.15) is 0 Å². The summed E-state index contributed by atoms with van der Waals surface area (Å²) in [5.41, 5.74) is 0. The van der Waals surface area contributed by atoms with Crippen molar-refractivity contribution in [2.24, 2.45) is 4.99 Å². The molecule has 136 valence electrons. The van der Waals surface area contributed by atoms with Crippen LogP contribution in [0.5, 0.6) is 5.75 Å². The molecule has 9 heteroatoms. The van der Waals surface area contributed by atoms with E-state index in [0.717, 1.165) is 16.8 Å². The third-order valence-corrected chi connectivity index (χ3v) is 5.60. The van der Waals surface area contributed by atoms with Gasteiger partial charge in [0.05, 0.1) is 18.1 Å². The molecule has 6 nitrogen and oxygen atoms in total. The SMILES string of the molecule is CCNC(=NCCOc1cccc(Br)c1)NC1CCS(=O)(=O)C1.I. The van der Waals surface area contributed by atoms with E-state index >= 15 is 0 Å². The average molecular weight is 532 g/mol. The van der Waals surface area contributed by atoms with Crippen LogP contribution in [0.4, 0.5) is 0 Å². The molecule has 2 rings (SSSR count). The van der Waals surface area contributed by atoms with Crippen LogP contribution in [-0.2, 0) is 9.84 Å². The molecule has 1 fully saturated rings. The molecule has 1 aromatic carbocycles. The highest BCUT2D eigenvalue weighted by Crippen LogP contribution is 2.17. The summed E-state index contributed by atoms with van der Waals surface area (Å²) in [4.78, 5) is 4.43. The Labute approximate surface area is 168 Å². The molecule has 0 aliphatic carbocycles. The van der Waals surface area contributed by atoms with E-state index in [4.69, 9.17) is 4.74 Å². The Bertz CT molecular complexity index is 655. The number of sulfone groups is 1. The fourth-order valence-electron chi connectivity index (χ4n) is 2.30. The van der Waals surface area contributed by atoms with Crippen molar-refractivity contribution in [2.75, 3.05) is 31.2 Å². The molecule has 1 aliphatic rings. The van der Waals surface area contributed by atoms with Crippen LogP contribution in [0.3, 0.4) is 0 Å². The van der Waals surface area contributed by atoms with E-state index in [9.17, 15) is 8.42 Å². The molecule has 2 N–H and O–H groups in total. The molecule has 0 radical (unpaired) electrons. The minimum Gasteiger partial charge on any atom is -0.492 e. The third-order valence-electron chi connectivity index (χ3n) is 3.34. The normalized spacial score (nSPS) is 19.4. The quantitative estimate of drug-likeness (QED) is 0.254. The van der Waals surface area contributed by atoms with Crippen molar-refractivity contribution in [3.8, 4) is 5.75 Å². The Kier molecular flexibility index (Phi) is 9.35. The number of hydrogen-bond acceptors (Lipinski definition) is 4. The van der Waals surface area contributed by atoms with Gasteiger partial charge in [0.25, 0.3) is 0 Å². The van der Waals surface area contributed by atoms with Crippen LogP contribution in [0.2, 0.25) is 0 Å². The predicted molar refractivity (Wildman–Crippen MR) is 111 cm³/mol. The van der Waals surface area contributed by atoms with Gasteiger partial charge in [0, 0.05) is 17.1 Å². The Hall–Kier alpha value is -0.550. The molecule has 0 bridgehead atoms. The summed E-state index contributed by atoms with van der Waals surface area (Å²) >= 11 is 3.40. The van der Waals surface area contributed by atoms with E-state index < -0.39 is 9.84 Å². The largest absolute Gasteiger partial charge is 0.492 e. The second-order valence-corrected chi connectivity index (χ2v) is 8.46. The van der Waals surface area contributed by atoms with Crippen LogP contribution in [0.15, 0.2) is 33.7 Å². The Morgan fingerprint density at radius 2 is 2.25 bits per heavy atom. The number of ether oxygens (including phenoxy) is 1. The second-order valence-electron chi connectivity index (χ2n) is 5.31. The number of aliphatic imine (C=N–C) groups is 1. The lowest BCUT2D eigenvalue weighted by Crippen LogP contribution is -2.44. The van der Waals surface area contributed by atoms with Gasteiger partial charge in [-0.15, -0.1) is 24.0 Å². The van der Waals surface area contributed by atoms with Crippen molar-refractivity contribution in [3.05, 3.63) is 28.7 Å². The molecule has 1 atom stereocenters. The second kappa shape index (κ2) is 10.4. The average Bonchev–Trinajstić information content (AvgIpc) is 2.83. The summed E-state index contributed by atoms with van der Waals surface area (Å²) in [6, 6.07) is 7.57. The molecular weight excluding hydrogens is 509 g/mol. The van der Waals surface area contributed by atoms with Crippen molar-refractivity contribution in [2.45, 2.75) is 19.4 Å². The van der Waals surface area contributed by atoms with E-state index in [1.807, 2.05) is 31.2 Å². The van der Waals surface area contributed by atoms with Gasteiger partial charge >= 0.3 is 0 Å². The monoisotopic (exact) mass is 531 g/mol. The maximum atomic E-state index is 11.5. The van der Waals surface area contributed by atoms with Gasteiger partial charge in [0.2, 0.25) is 0 Å². The molecule has 0 spiro atoms. The van der Waals surface area contributed by atoms with Crippen LogP contribution in [0.1, 0.15) is 13.3 Å². The summed E-state index contributed by atoms with van der Waals surface area (Å²) in [7, 11) is -2.90. The summed E-state index contributed by atoms with van der Waals surface area (Å²) in [5, 5.41) is 6.30. The summed E-state index contributed by atoms with van der Waals surface area (Å²) in [6.07, 6.45) is 0.626. The van der Waals surface area contributed by atoms with Gasteiger partial charge in [-0.3, -0.25) is 0 Å². The maximum Gasteiger partial charge on any atom is 0.191 e. The zero-order chi connectivity index (χ0) is 16.7. The molecular formula is C15H23BrIN3O3S. The molecule has 0 amide bonds. The molecule has 1 unspecified atom stereocenters. The van der Waals surface area contributed by atoms with Crippen molar-refractivity contribution < 1.29 is 13.2 Å². The molecule has 1 saturated heterocycles. The predicted octanol–water partition coefficient (Wildman–Crippen LogP) is 2.19. The molecule has 1 aliphatic heterocycles.